The van der Waals surface area contributed by atoms with E-state index in [1.807, 2.05) is 13.2 Å². The normalized spacial score (nSPS) is 27.8. The van der Waals surface area contributed by atoms with Crippen molar-refractivity contribution in [1.82, 2.24) is 9.88 Å². The van der Waals surface area contributed by atoms with Gasteiger partial charge in [-0.2, -0.15) is 0 Å². The van der Waals surface area contributed by atoms with Crippen LogP contribution in [0.25, 0.3) is 10.9 Å². The van der Waals surface area contributed by atoms with Crippen molar-refractivity contribution in [3.05, 3.63) is 30.0 Å². The summed E-state index contributed by atoms with van der Waals surface area (Å²) < 4.78 is 11.0. The number of fused-ring (bicyclic) bond motifs is 1. The quantitative estimate of drug-likeness (QED) is 0.887. The van der Waals surface area contributed by atoms with Crippen LogP contribution in [0.4, 0.5) is 0 Å². The number of hydrogen-bond acceptors (Lipinski definition) is 3. The maximum absolute atomic E-state index is 5.55. The molecule has 1 saturated heterocycles. The van der Waals surface area contributed by atoms with Gasteiger partial charge in [-0.3, -0.25) is 4.90 Å². The van der Waals surface area contributed by atoms with E-state index < -0.39 is 0 Å². The monoisotopic (exact) mass is 342 g/mol. The fourth-order valence-electron chi connectivity index (χ4n) is 4.88. The first kappa shape index (κ1) is 16.9. The molecule has 2 heterocycles. The smallest absolute Gasteiger partial charge is 0.119 e. The highest BCUT2D eigenvalue weighted by molar-refractivity contribution is 5.84. The van der Waals surface area contributed by atoms with E-state index in [1.54, 1.807) is 7.11 Å². The van der Waals surface area contributed by atoms with Gasteiger partial charge in [-0.25, -0.2) is 0 Å². The highest BCUT2D eigenvalue weighted by atomic mass is 16.5. The molecule has 136 valence electrons. The Morgan fingerprint density at radius 3 is 2.72 bits per heavy atom. The number of rotatable bonds is 5. The van der Waals surface area contributed by atoms with Crippen LogP contribution in [0.15, 0.2) is 24.4 Å². The lowest BCUT2D eigenvalue weighted by Crippen LogP contribution is -2.43. The molecule has 0 bridgehead atoms. The molecule has 1 aromatic carbocycles. The zero-order valence-electron chi connectivity index (χ0n) is 15.5. The van der Waals surface area contributed by atoms with Crippen molar-refractivity contribution >= 4 is 10.9 Å². The van der Waals surface area contributed by atoms with E-state index in [2.05, 4.69) is 28.2 Å². The van der Waals surface area contributed by atoms with Gasteiger partial charge < -0.3 is 14.5 Å². The third kappa shape index (κ3) is 3.42. The molecule has 1 N–H and O–H groups in total. The van der Waals surface area contributed by atoms with Crippen LogP contribution in [0.5, 0.6) is 5.75 Å². The second-order valence-corrected chi connectivity index (χ2v) is 7.63. The molecule has 1 atom stereocenters. The molecule has 0 amide bonds. The summed E-state index contributed by atoms with van der Waals surface area (Å²) in [7, 11) is 3.59. The molecular formula is C21H30N2O2. The minimum absolute atomic E-state index is 0.485. The SMILES string of the molecule is COc1ccc2[nH]cc(C[C@H]3CCCN3C3CCC(OC)CC3)c2c1. The highest BCUT2D eigenvalue weighted by Gasteiger charge is 2.33. The van der Waals surface area contributed by atoms with Gasteiger partial charge in [0.05, 0.1) is 13.2 Å². The summed E-state index contributed by atoms with van der Waals surface area (Å²) in [6.07, 6.45) is 11.5. The third-order valence-electron chi connectivity index (χ3n) is 6.30. The number of nitrogens with one attached hydrogen (secondary N) is 1. The molecule has 2 fully saturated rings. The van der Waals surface area contributed by atoms with Gasteiger partial charge in [0.2, 0.25) is 0 Å². The zero-order chi connectivity index (χ0) is 17.2. The first-order valence-corrected chi connectivity index (χ1v) is 9.71. The van der Waals surface area contributed by atoms with E-state index in [0.29, 0.717) is 12.1 Å². The van der Waals surface area contributed by atoms with Crippen LogP contribution in [-0.2, 0) is 11.2 Å². The number of aromatic amines is 1. The van der Waals surface area contributed by atoms with Gasteiger partial charge in [-0.05, 0) is 75.3 Å². The Hall–Kier alpha value is -1.52. The van der Waals surface area contributed by atoms with E-state index in [0.717, 1.165) is 18.2 Å². The van der Waals surface area contributed by atoms with Gasteiger partial charge in [0, 0.05) is 36.3 Å². The van der Waals surface area contributed by atoms with Crippen LogP contribution >= 0.6 is 0 Å². The Labute approximate surface area is 150 Å². The van der Waals surface area contributed by atoms with Gasteiger partial charge >= 0.3 is 0 Å². The number of H-pyrrole nitrogens is 1. The zero-order valence-corrected chi connectivity index (χ0v) is 15.5. The number of benzene rings is 1. The number of nitrogens with zero attached hydrogens (tertiary/aromatic N) is 1. The highest BCUT2D eigenvalue weighted by Crippen LogP contribution is 2.33. The maximum Gasteiger partial charge on any atom is 0.119 e. The van der Waals surface area contributed by atoms with Crippen molar-refractivity contribution in [2.45, 2.75) is 63.1 Å². The van der Waals surface area contributed by atoms with Crippen LogP contribution in [0, 0.1) is 0 Å². The molecule has 4 heteroatoms. The minimum atomic E-state index is 0.485. The van der Waals surface area contributed by atoms with Crippen molar-refractivity contribution in [3.8, 4) is 5.75 Å². The Bertz CT molecular complexity index is 703. The van der Waals surface area contributed by atoms with Gasteiger partial charge in [0.1, 0.15) is 5.75 Å². The standard InChI is InChI=1S/C21H30N2O2/c1-24-18-7-5-16(6-8-18)23-11-3-4-17(23)12-15-14-22-21-10-9-19(25-2)13-20(15)21/h9-10,13-14,16-18,22H,3-8,11-12H2,1-2H3/t16?,17-,18?/m1/s1. The average Bonchev–Trinajstić information content (AvgIpc) is 3.29. The molecule has 2 aromatic rings. The van der Waals surface area contributed by atoms with Crippen molar-refractivity contribution in [2.75, 3.05) is 20.8 Å². The number of ether oxygens (including phenoxy) is 2. The number of likely N-dealkylation sites (tertiary alicyclic amines) is 1. The molecule has 2 aliphatic rings. The molecule has 1 aromatic heterocycles. The second kappa shape index (κ2) is 7.38. The first-order valence-electron chi connectivity index (χ1n) is 9.71. The summed E-state index contributed by atoms with van der Waals surface area (Å²) in [6, 6.07) is 7.74. The molecule has 1 aliphatic heterocycles. The lowest BCUT2D eigenvalue weighted by Gasteiger charge is -2.37. The Morgan fingerprint density at radius 2 is 1.96 bits per heavy atom. The van der Waals surface area contributed by atoms with Crippen LogP contribution in [0.3, 0.4) is 0 Å². The molecule has 25 heavy (non-hydrogen) atoms. The van der Waals surface area contributed by atoms with E-state index >= 15 is 0 Å². The van der Waals surface area contributed by atoms with Crippen LogP contribution in [0.2, 0.25) is 0 Å². The fraction of sp³-hybridized carbons (Fsp3) is 0.619. The van der Waals surface area contributed by atoms with Gasteiger partial charge in [0.25, 0.3) is 0 Å². The largest absolute Gasteiger partial charge is 0.497 e. The van der Waals surface area contributed by atoms with Crippen molar-refractivity contribution in [2.24, 2.45) is 0 Å². The topological polar surface area (TPSA) is 37.5 Å². The lowest BCUT2D eigenvalue weighted by molar-refractivity contribution is 0.0352. The average molecular weight is 342 g/mol. The summed E-state index contributed by atoms with van der Waals surface area (Å²) in [6.45, 7) is 1.26. The van der Waals surface area contributed by atoms with Crippen molar-refractivity contribution in [3.63, 3.8) is 0 Å². The van der Waals surface area contributed by atoms with E-state index in [-0.39, 0.29) is 0 Å². The van der Waals surface area contributed by atoms with Crippen LogP contribution < -0.4 is 4.74 Å². The molecule has 1 saturated carbocycles. The van der Waals surface area contributed by atoms with E-state index in [1.165, 1.54) is 61.5 Å². The summed E-state index contributed by atoms with van der Waals surface area (Å²) in [4.78, 5) is 6.23. The molecule has 1 aliphatic carbocycles. The third-order valence-corrected chi connectivity index (χ3v) is 6.30. The Morgan fingerprint density at radius 1 is 1.12 bits per heavy atom. The second-order valence-electron chi connectivity index (χ2n) is 7.63. The van der Waals surface area contributed by atoms with Crippen molar-refractivity contribution < 1.29 is 9.47 Å². The lowest BCUT2D eigenvalue weighted by atomic mass is 9.90. The van der Waals surface area contributed by atoms with Crippen LogP contribution in [-0.4, -0.2) is 48.8 Å². The van der Waals surface area contributed by atoms with Crippen LogP contribution in [0.1, 0.15) is 44.1 Å². The van der Waals surface area contributed by atoms with Crippen molar-refractivity contribution in [1.29, 1.82) is 0 Å². The number of methoxy groups -OCH3 is 2. The summed E-state index contributed by atoms with van der Waals surface area (Å²) in [5.41, 5.74) is 2.64. The predicted molar refractivity (Wildman–Crippen MR) is 101 cm³/mol. The molecule has 0 radical (unpaired) electrons. The molecular weight excluding hydrogens is 312 g/mol. The fourth-order valence-corrected chi connectivity index (χ4v) is 4.88. The Balaban J connectivity index is 1.48. The number of hydrogen-bond donors (Lipinski definition) is 1. The van der Waals surface area contributed by atoms with Gasteiger partial charge in [-0.15, -0.1) is 0 Å². The van der Waals surface area contributed by atoms with E-state index in [4.69, 9.17) is 9.47 Å². The predicted octanol–water partition coefficient (Wildman–Crippen LogP) is 4.14. The number of aromatic nitrogens is 1. The maximum atomic E-state index is 5.55. The summed E-state index contributed by atoms with van der Waals surface area (Å²) in [5, 5.41) is 1.31. The van der Waals surface area contributed by atoms with Gasteiger partial charge in [-0.1, -0.05) is 0 Å². The van der Waals surface area contributed by atoms with Gasteiger partial charge in [0.15, 0.2) is 0 Å². The molecule has 4 rings (SSSR count). The molecule has 0 spiro atoms. The first-order chi connectivity index (χ1) is 12.3. The summed E-state index contributed by atoms with van der Waals surface area (Å²) in [5.74, 6) is 0.939. The summed E-state index contributed by atoms with van der Waals surface area (Å²) >= 11 is 0. The molecule has 4 nitrogen and oxygen atoms in total. The minimum Gasteiger partial charge on any atom is -0.497 e. The Kier molecular flexibility index (Phi) is 5.00. The molecule has 0 unspecified atom stereocenters. The van der Waals surface area contributed by atoms with E-state index in [9.17, 15) is 0 Å².